The topological polar surface area (TPSA) is 80.4 Å². The number of anilines is 1. The van der Waals surface area contributed by atoms with Crippen LogP contribution in [0.1, 0.15) is 30.7 Å². The molecule has 0 radical (unpaired) electrons. The third kappa shape index (κ3) is 7.32. The molecule has 0 spiro atoms. The second-order valence-electron chi connectivity index (χ2n) is 8.96. The number of rotatable bonds is 6. The number of piperazine rings is 1. The van der Waals surface area contributed by atoms with Crippen molar-refractivity contribution in [1.29, 1.82) is 0 Å². The molecule has 8 nitrogen and oxygen atoms in total. The van der Waals surface area contributed by atoms with Gasteiger partial charge < -0.3 is 19.1 Å². The van der Waals surface area contributed by atoms with Gasteiger partial charge in [-0.05, 0) is 61.5 Å². The van der Waals surface area contributed by atoms with Gasteiger partial charge in [0, 0.05) is 50.0 Å². The van der Waals surface area contributed by atoms with Crippen molar-refractivity contribution in [3.05, 3.63) is 71.5 Å². The Morgan fingerprint density at radius 3 is 2.36 bits per heavy atom. The van der Waals surface area contributed by atoms with Gasteiger partial charge in [0.1, 0.15) is 5.75 Å². The van der Waals surface area contributed by atoms with Crippen molar-refractivity contribution in [2.75, 3.05) is 38.1 Å². The molecule has 2 aromatic carbocycles. The molecule has 0 saturated carbocycles. The van der Waals surface area contributed by atoms with Crippen LogP contribution in [0.2, 0.25) is 0 Å². The van der Waals surface area contributed by atoms with Gasteiger partial charge in [-0.25, -0.2) is 9.97 Å². The quantitative estimate of drug-likeness (QED) is 0.305. The van der Waals surface area contributed by atoms with Gasteiger partial charge in [-0.2, -0.15) is 4.98 Å². The first kappa shape index (κ1) is 28.0. The molecule has 1 aliphatic heterocycles. The number of benzene rings is 2. The number of nitrogens with zero attached hydrogens (tertiary/aromatic N) is 6. The Morgan fingerprint density at radius 2 is 1.67 bits per heavy atom. The third-order valence-electron chi connectivity index (χ3n) is 6.19. The van der Waals surface area contributed by atoms with Crippen LogP contribution in [-0.2, 0) is 6.42 Å². The SMILES string of the molecule is CC.Cc1cnc(-c2nc(-c3ccc(OC(F)(F)F)cc3)no2)nc1Cc1cccc(N2CCN(C)CC2)c1. The van der Waals surface area contributed by atoms with E-state index in [1.807, 2.05) is 20.8 Å². The first-order valence-corrected chi connectivity index (χ1v) is 12.8. The van der Waals surface area contributed by atoms with Crippen LogP contribution in [0.25, 0.3) is 23.1 Å². The van der Waals surface area contributed by atoms with Crippen molar-refractivity contribution >= 4 is 5.69 Å². The number of halogens is 3. The smallest absolute Gasteiger partial charge is 0.406 e. The maximum absolute atomic E-state index is 12.4. The predicted molar refractivity (Wildman–Crippen MR) is 142 cm³/mol. The zero-order valence-electron chi connectivity index (χ0n) is 22.4. The van der Waals surface area contributed by atoms with Crippen LogP contribution >= 0.6 is 0 Å². The van der Waals surface area contributed by atoms with Gasteiger partial charge in [0.2, 0.25) is 11.6 Å². The molecule has 0 unspecified atom stereocenters. The molecule has 1 fully saturated rings. The van der Waals surface area contributed by atoms with Crippen LogP contribution in [0.4, 0.5) is 18.9 Å². The second-order valence-corrected chi connectivity index (χ2v) is 8.96. The minimum absolute atomic E-state index is 0.123. The number of alkyl halides is 3. The van der Waals surface area contributed by atoms with Gasteiger partial charge in [0.15, 0.2) is 0 Å². The lowest BCUT2D eigenvalue weighted by atomic mass is 10.1. The van der Waals surface area contributed by atoms with E-state index in [2.05, 4.69) is 66.0 Å². The average molecular weight is 541 g/mol. The van der Waals surface area contributed by atoms with E-state index in [1.165, 1.54) is 30.0 Å². The van der Waals surface area contributed by atoms with Crippen molar-refractivity contribution in [2.24, 2.45) is 0 Å². The summed E-state index contributed by atoms with van der Waals surface area (Å²) in [6.07, 6.45) is -2.42. The average Bonchev–Trinajstić information content (AvgIpc) is 3.42. The molecule has 0 N–H and O–H groups in total. The molecule has 5 rings (SSSR count). The molecule has 0 aliphatic carbocycles. The molecular formula is C28H31F3N6O2. The van der Waals surface area contributed by atoms with Gasteiger partial charge in [-0.15, -0.1) is 13.2 Å². The van der Waals surface area contributed by atoms with E-state index in [9.17, 15) is 13.2 Å². The molecule has 2 aromatic heterocycles. The number of hydrogen-bond donors (Lipinski definition) is 0. The number of ether oxygens (including phenoxy) is 1. The number of hydrogen-bond acceptors (Lipinski definition) is 8. The monoisotopic (exact) mass is 540 g/mol. The standard InChI is InChI=1S/C26H25F3N6O2.C2H6/c1-17-16-30-24(25-32-23(33-37-25)19-6-8-21(9-7-19)36-26(27,28)29)31-22(17)15-18-4-3-5-20(14-18)35-12-10-34(2)11-13-35;1-2/h3-9,14,16H,10-13,15H2,1-2H3;1-2H3. The molecule has 0 amide bonds. The van der Waals surface area contributed by atoms with Crippen LogP contribution < -0.4 is 9.64 Å². The summed E-state index contributed by atoms with van der Waals surface area (Å²) in [5, 5.41) is 3.93. The first-order chi connectivity index (χ1) is 18.7. The molecular weight excluding hydrogens is 509 g/mol. The highest BCUT2D eigenvalue weighted by atomic mass is 19.4. The van der Waals surface area contributed by atoms with Crippen LogP contribution in [0, 0.1) is 6.92 Å². The number of aromatic nitrogens is 4. The summed E-state index contributed by atoms with van der Waals surface area (Å²) in [6, 6.07) is 13.7. The minimum atomic E-state index is -4.76. The fourth-order valence-electron chi connectivity index (χ4n) is 4.12. The van der Waals surface area contributed by atoms with Crippen LogP contribution in [0.15, 0.2) is 59.3 Å². The molecule has 0 bridgehead atoms. The maximum Gasteiger partial charge on any atom is 0.573 e. The van der Waals surface area contributed by atoms with Crippen LogP contribution in [-0.4, -0.2) is 64.6 Å². The Morgan fingerprint density at radius 1 is 0.949 bits per heavy atom. The van der Waals surface area contributed by atoms with E-state index in [1.54, 1.807) is 6.20 Å². The van der Waals surface area contributed by atoms with Crippen molar-refractivity contribution < 1.29 is 22.4 Å². The highest BCUT2D eigenvalue weighted by Crippen LogP contribution is 2.27. The van der Waals surface area contributed by atoms with E-state index in [0.717, 1.165) is 43.0 Å². The summed E-state index contributed by atoms with van der Waals surface area (Å²) < 4.78 is 46.4. The fraction of sp³-hybridized carbons (Fsp3) is 0.357. The van der Waals surface area contributed by atoms with Crippen molar-refractivity contribution in [1.82, 2.24) is 25.0 Å². The van der Waals surface area contributed by atoms with Gasteiger partial charge in [0.25, 0.3) is 5.89 Å². The number of aryl methyl sites for hydroxylation is 1. The van der Waals surface area contributed by atoms with Crippen molar-refractivity contribution in [2.45, 2.75) is 33.6 Å². The fourth-order valence-corrected chi connectivity index (χ4v) is 4.12. The maximum atomic E-state index is 12.4. The Balaban J connectivity index is 0.00000172. The summed E-state index contributed by atoms with van der Waals surface area (Å²) in [7, 11) is 2.14. The Bertz CT molecular complexity index is 1370. The normalized spacial score (nSPS) is 14.1. The van der Waals surface area contributed by atoms with E-state index in [0.29, 0.717) is 12.0 Å². The lowest BCUT2D eigenvalue weighted by Gasteiger charge is -2.34. The lowest BCUT2D eigenvalue weighted by molar-refractivity contribution is -0.274. The molecule has 11 heteroatoms. The minimum Gasteiger partial charge on any atom is -0.406 e. The highest BCUT2D eigenvalue weighted by Gasteiger charge is 2.31. The van der Waals surface area contributed by atoms with Gasteiger partial charge in [0.05, 0.1) is 5.69 Å². The van der Waals surface area contributed by atoms with Gasteiger partial charge in [-0.1, -0.05) is 31.1 Å². The Hall–Kier alpha value is -3.99. The highest BCUT2D eigenvalue weighted by molar-refractivity contribution is 5.58. The largest absolute Gasteiger partial charge is 0.573 e. The summed E-state index contributed by atoms with van der Waals surface area (Å²) in [5.74, 6) is 0.284. The van der Waals surface area contributed by atoms with E-state index >= 15 is 0 Å². The van der Waals surface area contributed by atoms with E-state index < -0.39 is 6.36 Å². The first-order valence-electron chi connectivity index (χ1n) is 12.8. The summed E-state index contributed by atoms with van der Waals surface area (Å²) in [6.45, 7) is 10.0. The van der Waals surface area contributed by atoms with Crippen molar-refractivity contribution in [3.8, 4) is 28.9 Å². The molecule has 39 heavy (non-hydrogen) atoms. The molecule has 0 atom stereocenters. The Kier molecular flexibility index (Phi) is 8.80. The molecule has 1 saturated heterocycles. The molecule has 3 heterocycles. The molecule has 206 valence electrons. The van der Waals surface area contributed by atoms with Crippen LogP contribution in [0.3, 0.4) is 0 Å². The predicted octanol–water partition coefficient (Wildman–Crippen LogP) is 5.77. The summed E-state index contributed by atoms with van der Waals surface area (Å²) in [5.41, 5.74) is 4.59. The third-order valence-corrected chi connectivity index (χ3v) is 6.19. The lowest BCUT2D eigenvalue weighted by Crippen LogP contribution is -2.44. The van der Waals surface area contributed by atoms with Gasteiger partial charge in [-0.3, -0.25) is 0 Å². The van der Waals surface area contributed by atoms with E-state index in [4.69, 9.17) is 4.52 Å². The summed E-state index contributed by atoms with van der Waals surface area (Å²) in [4.78, 5) is 18.1. The zero-order chi connectivity index (χ0) is 28.0. The van der Waals surface area contributed by atoms with Gasteiger partial charge >= 0.3 is 6.36 Å². The zero-order valence-corrected chi connectivity index (χ0v) is 22.4. The van der Waals surface area contributed by atoms with Crippen LogP contribution in [0.5, 0.6) is 5.75 Å². The number of likely N-dealkylation sites (N-methyl/N-ethyl adjacent to an activating group) is 1. The molecule has 1 aliphatic rings. The molecule has 4 aromatic rings. The van der Waals surface area contributed by atoms with Crippen molar-refractivity contribution in [3.63, 3.8) is 0 Å². The summed E-state index contributed by atoms with van der Waals surface area (Å²) >= 11 is 0. The van der Waals surface area contributed by atoms with E-state index in [-0.39, 0.29) is 23.3 Å². The second kappa shape index (κ2) is 12.2. The Labute approximate surface area is 225 Å².